The van der Waals surface area contributed by atoms with E-state index in [4.69, 9.17) is 4.98 Å². The highest BCUT2D eigenvalue weighted by atomic mass is 15.1. The number of nitrogens with zero attached hydrogens (tertiary/aromatic N) is 4. The quantitative estimate of drug-likeness (QED) is 0.566. The predicted molar refractivity (Wildman–Crippen MR) is 86.6 cm³/mol. The molecule has 0 spiro atoms. The molecule has 0 saturated heterocycles. The number of aryl methyl sites for hydroxylation is 1. The van der Waals surface area contributed by atoms with E-state index in [1.807, 2.05) is 18.3 Å². The van der Waals surface area contributed by atoms with E-state index in [0.29, 0.717) is 0 Å². The molecule has 0 aliphatic carbocycles. The molecule has 2 aromatic heterocycles. The Morgan fingerprint density at radius 2 is 1.86 bits per heavy atom. The van der Waals surface area contributed by atoms with Crippen LogP contribution in [0.25, 0.3) is 21.9 Å². The van der Waals surface area contributed by atoms with Crippen molar-refractivity contribution in [1.82, 2.24) is 20.2 Å². The summed E-state index contributed by atoms with van der Waals surface area (Å²) in [5, 5.41) is 9.19. The summed E-state index contributed by atoms with van der Waals surface area (Å²) in [6.45, 7) is 2.06. The van der Waals surface area contributed by atoms with E-state index in [1.165, 1.54) is 5.56 Å². The standard InChI is InChI=1S/C18H14N4/c1-12-2-5-16-18(8-12)19-11-15(21-16)9-13-3-4-14-6-7-20-22-17(14)10-13/h2-8,10-11H,9H2,1H3. The Bertz CT molecular complexity index is 979. The summed E-state index contributed by atoms with van der Waals surface area (Å²) in [6.07, 6.45) is 4.30. The SMILES string of the molecule is Cc1ccc2nc(Cc3ccc4ccnnc4c3)cnc2c1. The summed E-state index contributed by atoms with van der Waals surface area (Å²) >= 11 is 0. The van der Waals surface area contributed by atoms with Crippen molar-refractivity contribution in [3.05, 3.63) is 71.7 Å². The minimum absolute atomic E-state index is 0.739. The van der Waals surface area contributed by atoms with Crippen LogP contribution in [0.2, 0.25) is 0 Å². The van der Waals surface area contributed by atoms with Gasteiger partial charge < -0.3 is 0 Å². The molecule has 0 radical (unpaired) electrons. The van der Waals surface area contributed by atoms with Crippen LogP contribution >= 0.6 is 0 Å². The zero-order valence-electron chi connectivity index (χ0n) is 12.2. The molecule has 0 bridgehead atoms. The Balaban J connectivity index is 1.70. The van der Waals surface area contributed by atoms with Crippen LogP contribution in [0, 0.1) is 6.92 Å². The molecule has 0 aliphatic heterocycles. The summed E-state index contributed by atoms with van der Waals surface area (Å²) in [7, 11) is 0. The molecule has 0 aliphatic rings. The maximum absolute atomic E-state index is 4.69. The summed E-state index contributed by atoms with van der Waals surface area (Å²) in [4.78, 5) is 9.20. The first-order valence-corrected chi connectivity index (χ1v) is 7.20. The van der Waals surface area contributed by atoms with Gasteiger partial charge in [-0.05, 0) is 42.3 Å². The largest absolute Gasteiger partial charge is 0.253 e. The van der Waals surface area contributed by atoms with Gasteiger partial charge in [0.25, 0.3) is 0 Å². The predicted octanol–water partition coefficient (Wildman–Crippen LogP) is 3.47. The molecule has 0 saturated carbocycles. The Morgan fingerprint density at radius 3 is 2.82 bits per heavy atom. The van der Waals surface area contributed by atoms with Crippen LogP contribution in [0.3, 0.4) is 0 Å². The van der Waals surface area contributed by atoms with E-state index in [9.17, 15) is 0 Å². The lowest BCUT2D eigenvalue weighted by Gasteiger charge is -2.04. The van der Waals surface area contributed by atoms with E-state index in [0.717, 1.165) is 39.6 Å². The van der Waals surface area contributed by atoms with E-state index in [2.05, 4.69) is 52.4 Å². The maximum atomic E-state index is 4.69. The lowest BCUT2D eigenvalue weighted by Crippen LogP contribution is -1.95. The second-order valence-electron chi connectivity index (χ2n) is 5.45. The zero-order valence-corrected chi connectivity index (χ0v) is 12.2. The summed E-state index contributed by atoms with van der Waals surface area (Å²) in [6, 6.07) is 14.3. The monoisotopic (exact) mass is 286 g/mol. The van der Waals surface area contributed by atoms with Crippen molar-refractivity contribution in [2.75, 3.05) is 0 Å². The molecule has 0 unspecified atom stereocenters. The minimum Gasteiger partial charge on any atom is -0.253 e. The van der Waals surface area contributed by atoms with Gasteiger partial charge in [0.15, 0.2) is 0 Å². The highest BCUT2D eigenvalue weighted by Gasteiger charge is 2.03. The average Bonchev–Trinajstić information content (AvgIpc) is 2.55. The number of fused-ring (bicyclic) bond motifs is 2. The van der Waals surface area contributed by atoms with Gasteiger partial charge in [-0.3, -0.25) is 4.98 Å². The van der Waals surface area contributed by atoms with Crippen LogP contribution in [0.4, 0.5) is 0 Å². The smallest absolute Gasteiger partial charge is 0.0932 e. The number of hydrogen-bond donors (Lipinski definition) is 0. The lowest BCUT2D eigenvalue weighted by atomic mass is 10.1. The van der Waals surface area contributed by atoms with Gasteiger partial charge in [0.2, 0.25) is 0 Å². The zero-order chi connectivity index (χ0) is 14.9. The van der Waals surface area contributed by atoms with E-state index in [1.54, 1.807) is 6.20 Å². The van der Waals surface area contributed by atoms with E-state index >= 15 is 0 Å². The second-order valence-corrected chi connectivity index (χ2v) is 5.45. The fourth-order valence-corrected chi connectivity index (χ4v) is 2.59. The second kappa shape index (κ2) is 5.15. The molecule has 4 rings (SSSR count). The van der Waals surface area contributed by atoms with Crippen molar-refractivity contribution < 1.29 is 0 Å². The number of hydrogen-bond acceptors (Lipinski definition) is 4. The highest BCUT2D eigenvalue weighted by molar-refractivity contribution is 5.78. The Morgan fingerprint density at radius 1 is 0.909 bits per heavy atom. The van der Waals surface area contributed by atoms with Crippen molar-refractivity contribution in [2.45, 2.75) is 13.3 Å². The van der Waals surface area contributed by atoms with Crippen molar-refractivity contribution in [3.8, 4) is 0 Å². The first-order chi connectivity index (χ1) is 10.8. The maximum Gasteiger partial charge on any atom is 0.0932 e. The van der Waals surface area contributed by atoms with Gasteiger partial charge in [0.05, 0.1) is 28.4 Å². The van der Waals surface area contributed by atoms with E-state index < -0.39 is 0 Å². The molecule has 4 heteroatoms. The van der Waals surface area contributed by atoms with Gasteiger partial charge >= 0.3 is 0 Å². The highest BCUT2D eigenvalue weighted by Crippen LogP contribution is 2.17. The molecule has 22 heavy (non-hydrogen) atoms. The molecule has 4 nitrogen and oxygen atoms in total. The Kier molecular flexibility index (Phi) is 3.00. The van der Waals surface area contributed by atoms with Crippen LogP contribution < -0.4 is 0 Å². The van der Waals surface area contributed by atoms with Crippen molar-refractivity contribution in [3.63, 3.8) is 0 Å². The molecule has 106 valence electrons. The average molecular weight is 286 g/mol. The summed E-state index contributed by atoms with van der Waals surface area (Å²) in [5.74, 6) is 0. The van der Waals surface area contributed by atoms with Gasteiger partial charge in [-0.1, -0.05) is 18.2 Å². The minimum atomic E-state index is 0.739. The van der Waals surface area contributed by atoms with Gasteiger partial charge in [0, 0.05) is 18.0 Å². The fourth-order valence-electron chi connectivity index (χ4n) is 2.59. The third-order valence-electron chi connectivity index (χ3n) is 3.71. The third kappa shape index (κ3) is 2.39. The fraction of sp³-hybridized carbons (Fsp3) is 0.111. The molecular formula is C18H14N4. The molecule has 0 fully saturated rings. The van der Waals surface area contributed by atoms with Gasteiger partial charge in [-0.2, -0.15) is 10.2 Å². The van der Waals surface area contributed by atoms with Crippen LogP contribution in [0.1, 0.15) is 16.8 Å². The third-order valence-corrected chi connectivity index (χ3v) is 3.71. The first-order valence-electron chi connectivity index (χ1n) is 7.20. The van der Waals surface area contributed by atoms with Gasteiger partial charge in [0.1, 0.15) is 0 Å². The molecular weight excluding hydrogens is 272 g/mol. The van der Waals surface area contributed by atoms with Crippen LogP contribution in [-0.4, -0.2) is 20.2 Å². The lowest BCUT2D eigenvalue weighted by molar-refractivity contribution is 1.05. The first kappa shape index (κ1) is 12.8. The Labute approximate surface area is 127 Å². The van der Waals surface area contributed by atoms with Crippen LogP contribution in [-0.2, 0) is 6.42 Å². The number of rotatable bonds is 2. The summed E-state index contributed by atoms with van der Waals surface area (Å²) in [5.41, 5.74) is 6.09. The van der Waals surface area contributed by atoms with Crippen LogP contribution in [0.15, 0.2) is 54.9 Å². The van der Waals surface area contributed by atoms with E-state index in [-0.39, 0.29) is 0 Å². The molecule has 2 heterocycles. The molecule has 0 amide bonds. The van der Waals surface area contributed by atoms with Crippen molar-refractivity contribution in [1.29, 1.82) is 0 Å². The Hall–Kier alpha value is -2.88. The number of benzene rings is 2. The number of aromatic nitrogens is 4. The normalized spacial score (nSPS) is 11.1. The topological polar surface area (TPSA) is 51.6 Å². The molecule has 2 aromatic carbocycles. The molecule has 0 N–H and O–H groups in total. The summed E-state index contributed by atoms with van der Waals surface area (Å²) < 4.78 is 0. The van der Waals surface area contributed by atoms with Crippen molar-refractivity contribution >= 4 is 21.9 Å². The van der Waals surface area contributed by atoms with Gasteiger partial charge in [-0.25, -0.2) is 4.98 Å². The molecule has 0 atom stereocenters. The van der Waals surface area contributed by atoms with Crippen LogP contribution in [0.5, 0.6) is 0 Å². The van der Waals surface area contributed by atoms with Gasteiger partial charge in [-0.15, -0.1) is 0 Å². The molecule has 4 aromatic rings. The van der Waals surface area contributed by atoms with Crippen molar-refractivity contribution in [2.24, 2.45) is 0 Å².